The van der Waals surface area contributed by atoms with E-state index in [4.69, 9.17) is 16.3 Å². The highest BCUT2D eigenvalue weighted by molar-refractivity contribution is 6.30. The van der Waals surface area contributed by atoms with E-state index >= 15 is 0 Å². The number of fused-ring (bicyclic) bond motifs is 1. The molecule has 178 valence electrons. The Balaban J connectivity index is 1.48. The molecule has 0 radical (unpaired) electrons. The molecule has 2 aromatic rings. The molecule has 7 heteroatoms. The highest BCUT2D eigenvalue weighted by Crippen LogP contribution is 2.32. The Morgan fingerprint density at radius 3 is 2.64 bits per heavy atom. The Bertz CT molecular complexity index is 936. The second-order valence-electron chi connectivity index (χ2n) is 8.89. The molecule has 0 bridgehead atoms. The van der Waals surface area contributed by atoms with Crippen LogP contribution in [-0.2, 0) is 16.0 Å². The first-order chi connectivity index (χ1) is 15.8. The number of aryl methyl sites for hydroxylation is 1. The average Bonchev–Trinajstić information content (AvgIpc) is 2.80. The van der Waals surface area contributed by atoms with E-state index in [2.05, 4.69) is 28.1 Å². The predicted octanol–water partition coefficient (Wildman–Crippen LogP) is 4.37. The lowest BCUT2D eigenvalue weighted by Gasteiger charge is -2.28. The SMILES string of the molecule is CC(C)N[C@H](CCc1ccccc1)C(=O)N[C@@H](C)C(=O)CCC1CNc2ccc(Cl)cc2O1. The van der Waals surface area contributed by atoms with Gasteiger partial charge in [0, 0.05) is 23.6 Å². The molecule has 0 aliphatic carbocycles. The molecule has 0 saturated heterocycles. The molecule has 0 spiro atoms. The number of Topliss-reactive ketones (excluding diaryl/α,β-unsaturated/α-hetero) is 1. The van der Waals surface area contributed by atoms with Crippen LogP contribution < -0.4 is 20.7 Å². The number of hydrogen-bond donors (Lipinski definition) is 3. The highest BCUT2D eigenvalue weighted by Gasteiger charge is 2.25. The Hall–Kier alpha value is -2.57. The summed E-state index contributed by atoms with van der Waals surface area (Å²) in [6.45, 7) is 6.41. The zero-order valence-electron chi connectivity index (χ0n) is 19.6. The third kappa shape index (κ3) is 7.76. The van der Waals surface area contributed by atoms with E-state index in [0.717, 1.165) is 12.1 Å². The van der Waals surface area contributed by atoms with Gasteiger partial charge in [-0.2, -0.15) is 0 Å². The summed E-state index contributed by atoms with van der Waals surface area (Å²) in [7, 11) is 0. The molecule has 0 fully saturated rings. The highest BCUT2D eigenvalue weighted by atomic mass is 35.5. The Morgan fingerprint density at radius 2 is 1.91 bits per heavy atom. The van der Waals surface area contributed by atoms with Crippen molar-refractivity contribution in [2.75, 3.05) is 11.9 Å². The molecule has 3 rings (SSSR count). The van der Waals surface area contributed by atoms with Gasteiger partial charge >= 0.3 is 0 Å². The van der Waals surface area contributed by atoms with E-state index in [1.807, 2.05) is 44.2 Å². The van der Waals surface area contributed by atoms with Crippen LogP contribution in [0, 0.1) is 0 Å². The number of rotatable bonds is 11. The lowest BCUT2D eigenvalue weighted by atomic mass is 10.0. The molecule has 33 heavy (non-hydrogen) atoms. The van der Waals surface area contributed by atoms with Crippen molar-refractivity contribution in [1.82, 2.24) is 10.6 Å². The lowest BCUT2D eigenvalue weighted by molar-refractivity contribution is -0.129. The number of ketones is 1. The first kappa shape index (κ1) is 25.1. The Morgan fingerprint density at radius 1 is 1.15 bits per heavy atom. The van der Waals surface area contributed by atoms with E-state index in [1.54, 1.807) is 13.0 Å². The molecule has 0 aromatic heterocycles. The number of hydrogen-bond acceptors (Lipinski definition) is 5. The first-order valence-corrected chi connectivity index (χ1v) is 12.0. The van der Waals surface area contributed by atoms with Gasteiger partial charge in [0.2, 0.25) is 5.91 Å². The minimum absolute atomic E-state index is 0.00445. The van der Waals surface area contributed by atoms with Crippen molar-refractivity contribution in [3.8, 4) is 5.75 Å². The maximum atomic E-state index is 12.9. The second-order valence-corrected chi connectivity index (χ2v) is 9.33. The quantitative estimate of drug-likeness (QED) is 0.453. The third-order valence-electron chi connectivity index (χ3n) is 5.73. The minimum Gasteiger partial charge on any atom is -0.486 e. The van der Waals surface area contributed by atoms with Gasteiger partial charge < -0.3 is 20.7 Å². The largest absolute Gasteiger partial charge is 0.486 e. The summed E-state index contributed by atoms with van der Waals surface area (Å²) in [5, 5.41) is 10.2. The monoisotopic (exact) mass is 471 g/mol. The fourth-order valence-electron chi connectivity index (χ4n) is 3.91. The zero-order valence-corrected chi connectivity index (χ0v) is 20.3. The smallest absolute Gasteiger partial charge is 0.237 e. The van der Waals surface area contributed by atoms with Crippen molar-refractivity contribution >= 4 is 29.0 Å². The van der Waals surface area contributed by atoms with Crippen LogP contribution in [0.4, 0.5) is 5.69 Å². The average molecular weight is 472 g/mol. The van der Waals surface area contributed by atoms with Crippen LogP contribution in [0.25, 0.3) is 0 Å². The summed E-state index contributed by atoms with van der Waals surface area (Å²) in [4.78, 5) is 25.6. The van der Waals surface area contributed by atoms with E-state index in [1.165, 1.54) is 5.56 Å². The molecule has 3 N–H and O–H groups in total. The normalized spacial score (nSPS) is 16.8. The summed E-state index contributed by atoms with van der Waals surface area (Å²) >= 11 is 6.05. The number of carbonyl (C=O) groups is 2. The van der Waals surface area contributed by atoms with Gasteiger partial charge in [-0.3, -0.25) is 9.59 Å². The van der Waals surface area contributed by atoms with Gasteiger partial charge in [0.1, 0.15) is 11.9 Å². The molecule has 6 nitrogen and oxygen atoms in total. The topological polar surface area (TPSA) is 79.5 Å². The maximum Gasteiger partial charge on any atom is 0.237 e. The van der Waals surface area contributed by atoms with E-state index in [9.17, 15) is 9.59 Å². The Kier molecular flexibility index (Phi) is 9.15. The number of anilines is 1. The second kappa shape index (κ2) is 12.1. The summed E-state index contributed by atoms with van der Waals surface area (Å²) in [6.07, 6.45) is 2.23. The van der Waals surface area contributed by atoms with Gasteiger partial charge in [-0.05, 0) is 43.9 Å². The number of nitrogens with one attached hydrogen (secondary N) is 3. The summed E-state index contributed by atoms with van der Waals surface area (Å²) in [6, 6.07) is 14.8. The summed E-state index contributed by atoms with van der Waals surface area (Å²) in [5.41, 5.74) is 2.09. The van der Waals surface area contributed by atoms with Crippen molar-refractivity contribution in [2.24, 2.45) is 0 Å². The number of amides is 1. The molecule has 0 saturated carbocycles. The van der Waals surface area contributed by atoms with Crippen molar-refractivity contribution in [2.45, 2.75) is 70.7 Å². The Labute approximate surface area is 201 Å². The summed E-state index contributed by atoms with van der Waals surface area (Å²) < 4.78 is 5.98. The van der Waals surface area contributed by atoms with Crippen LogP contribution in [0.15, 0.2) is 48.5 Å². The van der Waals surface area contributed by atoms with Gasteiger partial charge in [0.25, 0.3) is 0 Å². The van der Waals surface area contributed by atoms with Crippen LogP contribution in [0.1, 0.15) is 45.6 Å². The standard InChI is InChI=1S/C26H34ClN3O3/c1-17(2)29-23(12-9-19-7-5-4-6-8-19)26(32)30-18(3)24(31)14-11-21-16-28-22-13-10-20(27)15-25(22)33-21/h4-8,10,13,15,17-18,21,23,28-29H,9,11-12,14,16H2,1-3H3,(H,30,32)/t18-,21?,23+/m0/s1. The van der Waals surface area contributed by atoms with E-state index in [0.29, 0.717) is 36.6 Å². The van der Waals surface area contributed by atoms with E-state index < -0.39 is 6.04 Å². The van der Waals surface area contributed by atoms with Crippen LogP contribution in [0.3, 0.4) is 0 Å². The van der Waals surface area contributed by atoms with Crippen LogP contribution >= 0.6 is 11.6 Å². The fraction of sp³-hybridized carbons (Fsp3) is 0.462. The molecule has 1 heterocycles. The molecule has 1 aliphatic rings. The van der Waals surface area contributed by atoms with Gasteiger partial charge in [0.15, 0.2) is 5.78 Å². The zero-order chi connectivity index (χ0) is 23.8. The summed E-state index contributed by atoms with van der Waals surface area (Å²) in [5.74, 6) is 0.559. The van der Waals surface area contributed by atoms with Crippen molar-refractivity contribution in [3.63, 3.8) is 0 Å². The van der Waals surface area contributed by atoms with Crippen molar-refractivity contribution < 1.29 is 14.3 Å². The molecule has 1 unspecified atom stereocenters. The molecule has 3 atom stereocenters. The van der Waals surface area contributed by atoms with E-state index in [-0.39, 0.29) is 29.9 Å². The molecular formula is C26H34ClN3O3. The van der Waals surface area contributed by atoms with Crippen molar-refractivity contribution in [3.05, 3.63) is 59.1 Å². The number of carbonyl (C=O) groups excluding carboxylic acids is 2. The minimum atomic E-state index is -0.552. The van der Waals surface area contributed by atoms with Gasteiger partial charge in [-0.1, -0.05) is 55.8 Å². The number of benzene rings is 2. The van der Waals surface area contributed by atoms with Gasteiger partial charge in [0.05, 0.1) is 24.3 Å². The number of ether oxygens (including phenoxy) is 1. The van der Waals surface area contributed by atoms with Gasteiger partial charge in [-0.15, -0.1) is 0 Å². The molecule has 2 aromatic carbocycles. The van der Waals surface area contributed by atoms with Crippen LogP contribution in [0.5, 0.6) is 5.75 Å². The maximum absolute atomic E-state index is 12.9. The molecule has 1 aliphatic heterocycles. The lowest BCUT2D eigenvalue weighted by Crippen LogP contribution is -2.51. The third-order valence-corrected chi connectivity index (χ3v) is 5.96. The first-order valence-electron chi connectivity index (χ1n) is 11.6. The number of halogens is 1. The van der Waals surface area contributed by atoms with Gasteiger partial charge in [-0.25, -0.2) is 0 Å². The van der Waals surface area contributed by atoms with Crippen LogP contribution in [0.2, 0.25) is 5.02 Å². The van der Waals surface area contributed by atoms with Crippen LogP contribution in [-0.4, -0.2) is 42.5 Å². The fourth-order valence-corrected chi connectivity index (χ4v) is 4.07. The predicted molar refractivity (Wildman–Crippen MR) is 133 cm³/mol. The van der Waals surface area contributed by atoms with Crippen molar-refractivity contribution in [1.29, 1.82) is 0 Å². The molecular weight excluding hydrogens is 438 g/mol. The molecule has 1 amide bonds.